The molecule has 0 aliphatic rings. The van der Waals surface area contributed by atoms with E-state index in [1.54, 1.807) is 23.9 Å². The van der Waals surface area contributed by atoms with Gasteiger partial charge in [0.25, 0.3) is 5.91 Å². The maximum Gasteiger partial charge on any atom is 0.337 e. The van der Waals surface area contributed by atoms with E-state index in [1.165, 1.54) is 18.4 Å². The van der Waals surface area contributed by atoms with Crippen molar-refractivity contribution in [3.05, 3.63) is 64.0 Å². The van der Waals surface area contributed by atoms with Crippen molar-refractivity contribution in [1.29, 1.82) is 0 Å². The molecule has 1 aromatic heterocycles. The van der Waals surface area contributed by atoms with Gasteiger partial charge < -0.3 is 9.30 Å². The standard InChI is InChI=1S/C21H22N2O3S2/c1-14-4-6-15(7-5-14)12-19(24)22-21-23(10-11-27-3)17-9-8-16(20(25)26-2)13-18(17)28-21/h4-9,13H,10-12H2,1-3H3. The van der Waals surface area contributed by atoms with Crippen LogP contribution in [0.2, 0.25) is 0 Å². The Bertz CT molecular complexity index is 1070. The summed E-state index contributed by atoms with van der Waals surface area (Å²) in [5, 5.41) is 0. The number of hydrogen-bond acceptors (Lipinski definition) is 5. The van der Waals surface area contributed by atoms with Gasteiger partial charge >= 0.3 is 5.97 Å². The molecule has 0 aliphatic carbocycles. The van der Waals surface area contributed by atoms with Gasteiger partial charge in [-0.2, -0.15) is 16.8 Å². The largest absolute Gasteiger partial charge is 0.465 e. The second-order valence-corrected chi connectivity index (χ2v) is 8.37. The van der Waals surface area contributed by atoms with Crippen LogP contribution in [0.5, 0.6) is 0 Å². The summed E-state index contributed by atoms with van der Waals surface area (Å²) in [5.41, 5.74) is 3.57. The highest BCUT2D eigenvalue weighted by molar-refractivity contribution is 7.98. The van der Waals surface area contributed by atoms with Crippen LogP contribution < -0.4 is 4.80 Å². The highest BCUT2D eigenvalue weighted by Crippen LogP contribution is 2.20. The molecule has 146 valence electrons. The average Bonchev–Trinajstić information content (AvgIpc) is 3.03. The molecule has 0 N–H and O–H groups in total. The number of aromatic nitrogens is 1. The highest BCUT2D eigenvalue weighted by Gasteiger charge is 2.12. The lowest BCUT2D eigenvalue weighted by Crippen LogP contribution is -2.18. The van der Waals surface area contributed by atoms with E-state index in [4.69, 9.17) is 4.74 Å². The Morgan fingerprint density at radius 2 is 1.93 bits per heavy atom. The zero-order valence-electron chi connectivity index (χ0n) is 16.1. The number of rotatable bonds is 6. The molecule has 2 aromatic carbocycles. The van der Waals surface area contributed by atoms with E-state index in [1.807, 2.05) is 48.1 Å². The van der Waals surface area contributed by atoms with E-state index >= 15 is 0 Å². The van der Waals surface area contributed by atoms with Crippen LogP contribution in [0.3, 0.4) is 0 Å². The Hall–Kier alpha value is -2.38. The molecule has 1 amide bonds. The van der Waals surface area contributed by atoms with Crippen molar-refractivity contribution in [2.75, 3.05) is 19.1 Å². The topological polar surface area (TPSA) is 60.7 Å². The van der Waals surface area contributed by atoms with Crippen LogP contribution in [0.15, 0.2) is 47.5 Å². The van der Waals surface area contributed by atoms with Crippen LogP contribution in [0.25, 0.3) is 10.2 Å². The molecule has 0 atom stereocenters. The summed E-state index contributed by atoms with van der Waals surface area (Å²) in [4.78, 5) is 29.4. The average molecular weight is 415 g/mol. The van der Waals surface area contributed by atoms with Crippen LogP contribution in [0.1, 0.15) is 21.5 Å². The first kappa shape index (κ1) is 20.4. The number of carbonyl (C=O) groups excluding carboxylic acids is 2. The number of esters is 1. The first-order valence-electron chi connectivity index (χ1n) is 8.85. The number of thioether (sulfide) groups is 1. The Morgan fingerprint density at radius 1 is 1.18 bits per heavy atom. The Labute approximate surface area is 172 Å². The maximum absolute atomic E-state index is 12.5. The van der Waals surface area contributed by atoms with Gasteiger partial charge in [-0.3, -0.25) is 4.79 Å². The number of aryl methyl sites for hydroxylation is 2. The molecule has 28 heavy (non-hydrogen) atoms. The van der Waals surface area contributed by atoms with E-state index < -0.39 is 0 Å². The molecule has 0 fully saturated rings. The SMILES string of the molecule is COC(=O)c1ccc2c(c1)sc(=NC(=O)Cc1ccc(C)cc1)n2CCSC. The third-order valence-electron chi connectivity index (χ3n) is 4.32. The third-order valence-corrected chi connectivity index (χ3v) is 5.95. The van der Waals surface area contributed by atoms with Crippen molar-refractivity contribution in [1.82, 2.24) is 4.57 Å². The van der Waals surface area contributed by atoms with Crippen LogP contribution in [0.4, 0.5) is 0 Å². The zero-order valence-corrected chi connectivity index (χ0v) is 17.7. The third kappa shape index (κ3) is 4.72. The van der Waals surface area contributed by atoms with Gasteiger partial charge in [-0.15, -0.1) is 0 Å². The summed E-state index contributed by atoms with van der Waals surface area (Å²) >= 11 is 3.15. The molecular formula is C21H22N2O3S2. The lowest BCUT2D eigenvalue weighted by Gasteiger charge is -2.04. The summed E-state index contributed by atoms with van der Waals surface area (Å²) < 4.78 is 7.76. The normalized spacial score (nSPS) is 11.8. The van der Waals surface area contributed by atoms with Crippen LogP contribution >= 0.6 is 23.1 Å². The number of ether oxygens (including phenoxy) is 1. The van der Waals surface area contributed by atoms with Crippen LogP contribution in [-0.2, 0) is 22.5 Å². The fourth-order valence-electron chi connectivity index (χ4n) is 2.83. The number of methoxy groups -OCH3 is 1. The number of amides is 1. The van der Waals surface area contributed by atoms with Crippen molar-refractivity contribution >= 4 is 45.2 Å². The minimum atomic E-state index is -0.375. The fourth-order valence-corrected chi connectivity index (χ4v) is 4.31. The van der Waals surface area contributed by atoms with Crippen LogP contribution in [-0.4, -0.2) is 35.6 Å². The zero-order chi connectivity index (χ0) is 20.1. The monoisotopic (exact) mass is 414 g/mol. The molecule has 0 saturated carbocycles. The molecule has 0 bridgehead atoms. The van der Waals surface area contributed by atoms with E-state index in [0.29, 0.717) is 10.4 Å². The minimum Gasteiger partial charge on any atom is -0.465 e. The molecular weight excluding hydrogens is 392 g/mol. The van der Waals surface area contributed by atoms with Gasteiger partial charge in [0, 0.05) is 12.3 Å². The highest BCUT2D eigenvalue weighted by atomic mass is 32.2. The number of hydrogen-bond donors (Lipinski definition) is 0. The Balaban J connectivity index is 1.99. The van der Waals surface area contributed by atoms with Gasteiger partial charge in [-0.1, -0.05) is 41.2 Å². The van der Waals surface area contributed by atoms with Crippen molar-refractivity contribution < 1.29 is 14.3 Å². The molecule has 7 heteroatoms. The summed E-state index contributed by atoms with van der Waals surface area (Å²) in [6.07, 6.45) is 2.31. The predicted octanol–water partition coefficient (Wildman–Crippen LogP) is 3.83. The number of benzene rings is 2. The number of carbonyl (C=O) groups is 2. The van der Waals surface area contributed by atoms with Crippen molar-refractivity contribution in [3.8, 4) is 0 Å². The molecule has 0 unspecified atom stereocenters. The Kier molecular flexibility index (Phi) is 6.70. The quantitative estimate of drug-likeness (QED) is 0.575. The summed E-state index contributed by atoms with van der Waals surface area (Å²) in [6, 6.07) is 13.3. The molecule has 3 rings (SSSR count). The number of nitrogens with zero attached hydrogens (tertiary/aromatic N) is 2. The van der Waals surface area contributed by atoms with Crippen molar-refractivity contribution in [2.24, 2.45) is 4.99 Å². The van der Waals surface area contributed by atoms with Gasteiger partial charge in [-0.05, 0) is 36.9 Å². The lowest BCUT2D eigenvalue weighted by molar-refractivity contribution is -0.117. The van der Waals surface area contributed by atoms with Crippen molar-refractivity contribution in [3.63, 3.8) is 0 Å². The number of fused-ring (bicyclic) bond motifs is 1. The minimum absolute atomic E-state index is 0.179. The smallest absolute Gasteiger partial charge is 0.337 e. The van der Waals surface area contributed by atoms with Gasteiger partial charge in [-0.25, -0.2) is 4.79 Å². The molecule has 0 saturated heterocycles. The second-order valence-electron chi connectivity index (χ2n) is 6.37. The van der Waals surface area contributed by atoms with Gasteiger partial charge in [0.2, 0.25) is 0 Å². The summed E-state index contributed by atoms with van der Waals surface area (Å²) in [6.45, 7) is 2.76. The maximum atomic E-state index is 12.5. The van der Waals surface area contributed by atoms with E-state index in [2.05, 4.69) is 4.99 Å². The van der Waals surface area contributed by atoms with E-state index in [0.717, 1.165) is 33.6 Å². The first-order chi connectivity index (χ1) is 13.5. The molecule has 1 heterocycles. The van der Waals surface area contributed by atoms with Gasteiger partial charge in [0.1, 0.15) is 0 Å². The van der Waals surface area contributed by atoms with Crippen LogP contribution in [0, 0.1) is 6.92 Å². The summed E-state index contributed by atoms with van der Waals surface area (Å²) in [7, 11) is 1.37. The van der Waals surface area contributed by atoms with E-state index in [9.17, 15) is 9.59 Å². The molecule has 0 aliphatic heterocycles. The van der Waals surface area contributed by atoms with Crippen molar-refractivity contribution in [2.45, 2.75) is 19.9 Å². The lowest BCUT2D eigenvalue weighted by atomic mass is 10.1. The molecule has 5 nitrogen and oxygen atoms in total. The molecule has 0 radical (unpaired) electrons. The molecule has 0 spiro atoms. The summed E-state index contributed by atoms with van der Waals surface area (Å²) in [5.74, 6) is 0.352. The second kappa shape index (κ2) is 9.21. The Morgan fingerprint density at radius 3 is 2.61 bits per heavy atom. The fraction of sp³-hybridized carbons (Fsp3) is 0.286. The first-order valence-corrected chi connectivity index (χ1v) is 11.1. The van der Waals surface area contributed by atoms with Gasteiger partial charge in [0.15, 0.2) is 4.80 Å². The molecule has 3 aromatic rings. The number of thiazole rings is 1. The van der Waals surface area contributed by atoms with Gasteiger partial charge in [0.05, 0.1) is 29.3 Å². The van der Waals surface area contributed by atoms with E-state index in [-0.39, 0.29) is 18.3 Å². The predicted molar refractivity (Wildman–Crippen MR) is 115 cm³/mol.